The fourth-order valence-electron chi connectivity index (χ4n) is 7.44. The summed E-state index contributed by atoms with van der Waals surface area (Å²) in [5, 5.41) is 0. The van der Waals surface area contributed by atoms with Gasteiger partial charge in [-0.2, -0.15) is 0 Å². The van der Waals surface area contributed by atoms with Gasteiger partial charge >= 0.3 is 17.9 Å². The molecule has 0 aliphatic rings. The van der Waals surface area contributed by atoms with Gasteiger partial charge in [-0.3, -0.25) is 14.4 Å². The highest BCUT2D eigenvalue weighted by atomic mass is 16.6. The molecule has 1 unspecified atom stereocenters. The molecule has 0 aromatic rings. The first-order valence-corrected chi connectivity index (χ1v) is 25.2. The number of carbonyl (C=O) groups is 3. The van der Waals surface area contributed by atoms with Gasteiger partial charge in [0.05, 0.1) is 0 Å². The van der Waals surface area contributed by atoms with E-state index in [1.807, 2.05) is 0 Å². The molecule has 0 saturated heterocycles. The molecule has 0 saturated carbocycles. The van der Waals surface area contributed by atoms with Gasteiger partial charge in [0.25, 0.3) is 0 Å². The quantitative estimate of drug-likeness (QED) is 0.0264. The van der Waals surface area contributed by atoms with Crippen molar-refractivity contribution >= 4 is 17.9 Å². The lowest BCUT2D eigenvalue weighted by atomic mass is 10.0. The summed E-state index contributed by atoms with van der Waals surface area (Å²) >= 11 is 0. The van der Waals surface area contributed by atoms with E-state index in [0.29, 0.717) is 19.3 Å². The van der Waals surface area contributed by atoms with E-state index in [4.69, 9.17) is 14.2 Å². The molecular formula is C51H96O6. The molecule has 0 spiro atoms. The SMILES string of the molecule is CCCCCCCCC/C=C\CCCCCC(=O)OCC(COC(=O)CCCCCCCCCCCCCC)OC(=O)CCCCCCCCCCCCCCC. The Bertz CT molecular complexity index is 885. The van der Waals surface area contributed by atoms with Crippen LogP contribution in [-0.4, -0.2) is 37.2 Å². The predicted octanol–water partition coefficient (Wildman–Crippen LogP) is 16.2. The van der Waals surface area contributed by atoms with Crippen LogP contribution in [0.4, 0.5) is 0 Å². The van der Waals surface area contributed by atoms with Crippen LogP contribution in [0.25, 0.3) is 0 Å². The summed E-state index contributed by atoms with van der Waals surface area (Å²) in [5.74, 6) is -0.872. The minimum Gasteiger partial charge on any atom is -0.462 e. The van der Waals surface area contributed by atoms with E-state index in [-0.39, 0.29) is 31.1 Å². The molecule has 0 aliphatic carbocycles. The van der Waals surface area contributed by atoms with Gasteiger partial charge in [0.2, 0.25) is 0 Å². The van der Waals surface area contributed by atoms with Crippen molar-refractivity contribution < 1.29 is 28.6 Å². The van der Waals surface area contributed by atoms with Gasteiger partial charge in [-0.1, -0.05) is 226 Å². The number of ether oxygens (including phenoxy) is 3. The third kappa shape index (κ3) is 45.1. The summed E-state index contributed by atoms with van der Waals surface area (Å²) in [6, 6.07) is 0. The van der Waals surface area contributed by atoms with E-state index in [0.717, 1.165) is 64.2 Å². The topological polar surface area (TPSA) is 78.9 Å². The summed E-state index contributed by atoms with van der Waals surface area (Å²) in [6.45, 7) is 6.64. The monoisotopic (exact) mass is 805 g/mol. The second-order valence-corrected chi connectivity index (χ2v) is 17.1. The van der Waals surface area contributed by atoms with Crippen LogP contribution in [0.2, 0.25) is 0 Å². The lowest BCUT2D eigenvalue weighted by Crippen LogP contribution is -2.30. The van der Waals surface area contributed by atoms with Crippen molar-refractivity contribution in [2.24, 2.45) is 0 Å². The lowest BCUT2D eigenvalue weighted by Gasteiger charge is -2.18. The van der Waals surface area contributed by atoms with Gasteiger partial charge in [-0.15, -0.1) is 0 Å². The van der Waals surface area contributed by atoms with Crippen LogP contribution >= 0.6 is 0 Å². The van der Waals surface area contributed by atoms with Gasteiger partial charge in [-0.05, 0) is 44.9 Å². The molecule has 0 aliphatic heterocycles. The van der Waals surface area contributed by atoms with Crippen molar-refractivity contribution in [1.29, 1.82) is 0 Å². The maximum atomic E-state index is 12.8. The maximum absolute atomic E-state index is 12.8. The van der Waals surface area contributed by atoms with Crippen LogP contribution in [-0.2, 0) is 28.6 Å². The zero-order valence-electron chi connectivity index (χ0n) is 38.4. The highest BCUT2D eigenvalue weighted by Gasteiger charge is 2.19. The number of hydrogen-bond acceptors (Lipinski definition) is 6. The molecule has 0 aromatic heterocycles. The van der Waals surface area contributed by atoms with Crippen LogP contribution in [0.5, 0.6) is 0 Å². The Labute approximate surface area is 354 Å². The molecule has 336 valence electrons. The van der Waals surface area contributed by atoms with Crippen LogP contribution in [0.15, 0.2) is 12.2 Å². The fraction of sp³-hybridized carbons (Fsp3) is 0.902. The Kier molecular flexibility index (Phi) is 45.3. The van der Waals surface area contributed by atoms with Crippen molar-refractivity contribution in [3.8, 4) is 0 Å². The number of carbonyl (C=O) groups excluding carboxylic acids is 3. The molecule has 0 amide bonds. The van der Waals surface area contributed by atoms with Gasteiger partial charge < -0.3 is 14.2 Å². The maximum Gasteiger partial charge on any atom is 0.306 e. The van der Waals surface area contributed by atoms with Crippen molar-refractivity contribution in [3.63, 3.8) is 0 Å². The Morgan fingerprint density at radius 2 is 0.579 bits per heavy atom. The molecule has 0 radical (unpaired) electrons. The Morgan fingerprint density at radius 3 is 0.895 bits per heavy atom. The number of hydrogen-bond donors (Lipinski definition) is 0. The highest BCUT2D eigenvalue weighted by molar-refractivity contribution is 5.71. The average molecular weight is 805 g/mol. The van der Waals surface area contributed by atoms with Gasteiger partial charge in [-0.25, -0.2) is 0 Å². The second-order valence-electron chi connectivity index (χ2n) is 17.1. The summed E-state index contributed by atoms with van der Waals surface area (Å²) in [4.78, 5) is 37.9. The van der Waals surface area contributed by atoms with Gasteiger partial charge in [0.1, 0.15) is 13.2 Å². The number of unbranched alkanes of at least 4 members (excludes halogenated alkanes) is 33. The molecule has 0 rings (SSSR count). The first kappa shape index (κ1) is 55.2. The molecule has 6 nitrogen and oxygen atoms in total. The normalized spacial score (nSPS) is 12.0. The highest BCUT2D eigenvalue weighted by Crippen LogP contribution is 2.16. The number of rotatable bonds is 46. The zero-order valence-corrected chi connectivity index (χ0v) is 38.4. The largest absolute Gasteiger partial charge is 0.462 e. The third-order valence-corrected chi connectivity index (χ3v) is 11.3. The van der Waals surface area contributed by atoms with E-state index in [2.05, 4.69) is 32.9 Å². The molecular weight excluding hydrogens is 709 g/mol. The third-order valence-electron chi connectivity index (χ3n) is 11.3. The summed E-state index contributed by atoms with van der Waals surface area (Å²) in [5.41, 5.74) is 0. The fourth-order valence-corrected chi connectivity index (χ4v) is 7.44. The summed E-state index contributed by atoms with van der Waals surface area (Å²) in [6.07, 6.45) is 50.4. The molecule has 6 heteroatoms. The van der Waals surface area contributed by atoms with Crippen molar-refractivity contribution in [2.75, 3.05) is 13.2 Å². The Hall–Kier alpha value is -1.85. The lowest BCUT2D eigenvalue weighted by molar-refractivity contribution is -0.167. The van der Waals surface area contributed by atoms with E-state index in [1.165, 1.54) is 173 Å². The Morgan fingerprint density at radius 1 is 0.333 bits per heavy atom. The van der Waals surface area contributed by atoms with E-state index >= 15 is 0 Å². The number of allylic oxidation sites excluding steroid dienone is 2. The molecule has 1 atom stereocenters. The average Bonchev–Trinajstić information content (AvgIpc) is 3.21. The zero-order chi connectivity index (χ0) is 41.5. The second kappa shape index (κ2) is 46.8. The van der Waals surface area contributed by atoms with Gasteiger partial charge in [0, 0.05) is 19.3 Å². The minimum atomic E-state index is -0.768. The molecule has 57 heavy (non-hydrogen) atoms. The van der Waals surface area contributed by atoms with Gasteiger partial charge in [0.15, 0.2) is 6.10 Å². The standard InChI is InChI=1S/C51H96O6/c1-4-7-10-13-16-19-22-25-27-29-32-35-38-41-44-50(53)56-47-48(46-55-49(52)43-40-37-34-31-28-24-21-18-15-12-9-6-3)57-51(54)45-42-39-36-33-30-26-23-20-17-14-11-8-5-2/h27,29,48H,4-26,28,30-47H2,1-3H3/b29-27-. The van der Waals surface area contributed by atoms with Crippen molar-refractivity contribution in [1.82, 2.24) is 0 Å². The van der Waals surface area contributed by atoms with Crippen LogP contribution in [0, 0.1) is 0 Å². The smallest absolute Gasteiger partial charge is 0.306 e. The molecule has 0 bridgehead atoms. The minimum absolute atomic E-state index is 0.0695. The first-order valence-electron chi connectivity index (χ1n) is 25.2. The summed E-state index contributed by atoms with van der Waals surface area (Å²) < 4.78 is 16.8. The molecule has 0 heterocycles. The van der Waals surface area contributed by atoms with E-state index in [1.54, 1.807) is 0 Å². The first-order chi connectivity index (χ1) is 28.0. The van der Waals surface area contributed by atoms with Crippen LogP contribution < -0.4 is 0 Å². The predicted molar refractivity (Wildman–Crippen MR) is 243 cm³/mol. The van der Waals surface area contributed by atoms with Crippen LogP contribution in [0.1, 0.15) is 278 Å². The van der Waals surface area contributed by atoms with E-state index in [9.17, 15) is 14.4 Å². The van der Waals surface area contributed by atoms with Crippen molar-refractivity contribution in [2.45, 2.75) is 284 Å². The van der Waals surface area contributed by atoms with Crippen LogP contribution in [0.3, 0.4) is 0 Å². The number of esters is 3. The summed E-state index contributed by atoms with van der Waals surface area (Å²) in [7, 11) is 0. The molecule has 0 aromatic carbocycles. The van der Waals surface area contributed by atoms with Crippen molar-refractivity contribution in [3.05, 3.63) is 12.2 Å². The van der Waals surface area contributed by atoms with E-state index < -0.39 is 6.10 Å². The molecule has 0 N–H and O–H groups in total. The Balaban J connectivity index is 4.35. The molecule has 0 fully saturated rings.